The van der Waals surface area contributed by atoms with Crippen LogP contribution in [0.2, 0.25) is 0 Å². The molecular weight excluding hydrogens is 580 g/mol. The summed E-state index contributed by atoms with van der Waals surface area (Å²) in [7, 11) is 3.19. The number of hydrogen-bond donors (Lipinski definition) is 3. The van der Waals surface area contributed by atoms with Crippen molar-refractivity contribution in [2.24, 2.45) is 5.73 Å². The predicted octanol–water partition coefficient (Wildman–Crippen LogP) is 2.97. The van der Waals surface area contributed by atoms with Crippen LogP contribution in [-0.2, 0) is 19.9 Å². The standard InChI is InChI=1S/C33H34N4O8/c1-20(38)35-31-26(30(34)40)18-37(32(41)36-31)29-17-27(39)28(45-29)19-44-33(21-7-5-4-6-8-21,22-9-13-24(42-2)14-10-22)23-11-15-25(43-3)16-12-23/h4-16,18,27-29,39H,17,19H2,1-3H3,(H2,34,40)(H,35,36,38,41)/t27-,28+,29+/m0/s1. The molecule has 1 aromatic heterocycles. The summed E-state index contributed by atoms with van der Waals surface area (Å²) in [4.78, 5) is 40.4. The number of ether oxygens (including phenoxy) is 4. The Morgan fingerprint density at radius 3 is 2.04 bits per heavy atom. The van der Waals surface area contributed by atoms with Crippen LogP contribution in [0.4, 0.5) is 5.82 Å². The first-order valence-electron chi connectivity index (χ1n) is 14.2. The van der Waals surface area contributed by atoms with Crippen LogP contribution < -0.4 is 26.2 Å². The SMILES string of the molecule is COc1ccc(C(OC[C@H]2O[C@@H](n3cc(C(N)=O)c(NC(C)=O)nc3=O)C[C@@H]2O)(c2ccccc2)c2ccc(OC)cc2)cc1. The van der Waals surface area contributed by atoms with Crippen molar-refractivity contribution in [3.05, 3.63) is 118 Å². The van der Waals surface area contributed by atoms with Crippen molar-refractivity contribution in [1.29, 1.82) is 0 Å². The second kappa shape index (κ2) is 13.3. The fourth-order valence-corrected chi connectivity index (χ4v) is 5.44. The number of anilines is 1. The Morgan fingerprint density at radius 1 is 0.978 bits per heavy atom. The number of aliphatic hydroxyl groups is 1. The van der Waals surface area contributed by atoms with Gasteiger partial charge in [0.1, 0.15) is 29.4 Å². The lowest BCUT2D eigenvalue weighted by Gasteiger charge is -2.37. The summed E-state index contributed by atoms with van der Waals surface area (Å²) in [5.41, 5.74) is 5.78. The third kappa shape index (κ3) is 6.43. The minimum atomic E-state index is -1.15. The lowest BCUT2D eigenvalue weighted by molar-refractivity contribution is -0.114. The third-order valence-corrected chi connectivity index (χ3v) is 7.66. The zero-order chi connectivity index (χ0) is 32.1. The first-order chi connectivity index (χ1) is 21.7. The fraction of sp³-hybridized carbons (Fsp3) is 0.273. The third-order valence-electron chi connectivity index (χ3n) is 7.66. The minimum Gasteiger partial charge on any atom is -0.497 e. The highest BCUT2D eigenvalue weighted by atomic mass is 16.6. The summed E-state index contributed by atoms with van der Waals surface area (Å²) in [6, 6.07) is 24.7. The molecule has 234 valence electrons. The van der Waals surface area contributed by atoms with E-state index in [0.29, 0.717) is 11.5 Å². The molecule has 4 aromatic rings. The summed E-state index contributed by atoms with van der Waals surface area (Å²) in [6.07, 6.45) is -1.70. The van der Waals surface area contributed by atoms with Crippen LogP contribution in [0.15, 0.2) is 89.9 Å². The number of methoxy groups -OCH3 is 2. The second-order valence-electron chi connectivity index (χ2n) is 10.5. The van der Waals surface area contributed by atoms with Gasteiger partial charge in [0.25, 0.3) is 5.91 Å². The summed E-state index contributed by atoms with van der Waals surface area (Å²) < 4.78 is 24.9. The van der Waals surface area contributed by atoms with Crippen molar-refractivity contribution in [2.75, 3.05) is 26.1 Å². The molecule has 3 atom stereocenters. The number of benzene rings is 3. The van der Waals surface area contributed by atoms with Gasteiger partial charge in [-0.2, -0.15) is 4.98 Å². The van der Waals surface area contributed by atoms with E-state index in [1.165, 1.54) is 13.1 Å². The van der Waals surface area contributed by atoms with Gasteiger partial charge in [0.2, 0.25) is 5.91 Å². The number of amides is 2. The van der Waals surface area contributed by atoms with Crippen molar-refractivity contribution < 1.29 is 33.6 Å². The first-order valence-corrected chi connectivity index (χ1v) is 14.2. The Labute approximate surface area is 259 Å². The number of hydrogen-bond acceptors (Lipinski definition) is 9. The van der Waals surface area contributed by atoms with Crippen molar-refractivity contribution >= 4 is 17.6 Å². The smallest absolute Gasteiger partial charge is 0.351 e. The maximum absolute atomic E-state index is 12.9. The molecule has 45 heavy (non-hydrogen) atoms. The molecule has 0 spiro atoms. The molecule has 0 unspecified atom stereocenters. The van der Waals surface area contributed by atoms with Gasteiger partial charge in [-0.05, 0) is 41.0 Å². The highest BCUT2D eigenvalue weighted by molar-refractivity contribution is 6.01. The van der Waals surface area contributed by atoms with Gasteiger partial charge in [-0.3, -0.25) is 14.2 Å². The normalized spacial score (nSPS) is 17.9. The number of nitrogens with zero attached hydrogens (tertiary/aromatic N) is 2. The van der Waals surface area contributed by atoms with E-state index in [0.717, 1.165) is 21.3 Å². The maximum atomic E-state index is 12.9. The number of nitrogens with one attached hydrogen (secondary N) is 1. The monoisotopic (exact) mass is 614 g/mol. The van der Waals surface area contributed by atoms with E-state index in [-0.39, 0.29) is 24.4 Å². The minimum absolute atomic E-state index is 0.0106. The molecular formula is C33H34N4O8. The Balaban J connectivity index is 1.51. The van der Waals surface area contributed by atoms with Gasteiger partial charge in [0.05, 0.1) is 32.5 Å². The van der Waals surface area contributed by atoms with Gasteiger partial charge in [-0.1, -0.05) is 54.6 Å². The van der Waals surface area contributed by atoms with Crippen molar-refractivity contribution in [3.8, 4) is 11.5 Å². The van der Waals surface area contributed by atoms with E-state index in [1.54, 1.807) is 14.2 Å². The number of carbonyl (C=O) groups is 2. The van der Waals surface area contributed by atoms with E-state index in [1.807, 2.05) is 78.9 Å². The number of aliphatic hydroxyl groups excluding tert-OH is 1. The van der Waals surface area contributed by atoms with Crippen LogP contribution in [0, 0.1) is 0 Å². The topological polar surface area (TPSA) is 164 Å². The van der Waals surface area contributed by atoms with Crippen LogP contribution in [0.5, 0.6) is 11.5 Å². The van der Waals surface area contributed by atoms with E-state index in [9.17, 15) is 19.5 Å². The van der Waals surface area contributed by atoms with Gasteiger partial charge >= 0.3 is 5.69 Å². The highest BCUT2D eigenvalue weighted by Crippen LogP contribution is 2.42. The second-order valence-corrected chi connectivity index (χ2v) is 10.5. The first kappa shape index (κ1) is 31.4. The van der Waals surface area contributed by atoms with Gasteiger partial charge in [-0.15, -0.1) is 0 Å². The maximum Gasteiger partial charge on any atom is 0.351 e. The molecule has 5 rings (SSSR count). The number of aromatic nitrogens is 2. The number of nitrogens with two attached hydrogens (primary N) is 1. The van der Waals surface area contributed by atoms with E-state index in [4.69, 9.17) is 24.7 Å². The van der Waals surface area contributed by atoms with E-state index < -0.39 is 41.5 Å². The van der Waals surface area contributed by atoms with Gasteiger partial charge in [0, 0.05) is 19.5 Å². The zero-order valence-corrected chi connectivity index (χ0v) is 25.0. The highest BCUT2D eigenvalue weighted by Gasteiger charge is 2.42. The van der Waals surface area contributed by atoms with E-state index in [2.05, 4.69) is 10.3 Å². The lowest BCUT2D eigenvalue weighted by atomic mass is 9.80. The molecule has 2 heterocycles. The van der Waals surface area contributed by atoms with Crippen LogP contribution in [0.3, 0.4) is 0 Å². The molecule has 0 radical (unpaired) electrons. The fourth-order valence-electron chi connectivity index (χ4n) is 5.44. The van der Waals surface area contributed by atoms with Crippen molar-refractivity contribution in [1.82, 2.24) is 9.55 Å². The summed E-state index contributed by atoms with van der Waals surface area (Å²) >= 11 is 0. The van der Waals surface area contributed by atoms with Crippen LogP contribution >= 0.6 is 0 Å². The Morgan fingerprint density at radius 2 is 1.53 bits per heavy atom. The number of rotatable bonds is 11. The lowest BCUT2D eigenvalue weighted by Crippen LogP contribution is -2.38. The van der Waals surface area contributed by atoms with Crippen LogP contribution in [0.25, 0.3) is 0 Å². The molecule has 3 aromatic carbocycles. The molecule has 1 fully saturated rings. The van der Waals surface area contributed by atoms with Crippen molar-refractivity contribution in [2.45, 2.75) is 37.4 Å². The number of primary amides is 1. The average molecular weight is 615 g/mol. The molecule has 2 amide bonds. The van der Waals surface area contributed by atoms with Crippen LogP contribution in [-0.4, -0.2) is 59.5 Å². The molecule has 12 heteroatoms. The Kier molecular flexibility index (Phi) is 9.28. The average Bonchev–Trinajstić information content (AvgIpc) is 3.41. The van der Waals surface area contributed by atoms with Gasteiger partial charge in [0.15, 0.2) is 5.82 Å². The molecule has 0 saturated carbocycles. The quantitative estimate of drug-likeness (QED) is 0.216. The van der Waals surface area contributed by atoms with Gasteiger partial charge < -0.3 is 35.1 Å². The predicted molar refractivity (Wildman–Crippen MR) is 164 cm³/mol. The molecule has 0 bridgehead atoms. The van der Waals surface area contributed by atoms with Crippen LogP contribution in [0.1, 0.15) is 46.6 Å². The Bertz CT molecular complexity index is 1660. The molecule has 1 saturated heterocycles. The van der Waals surface area contributed by atoms with Gasteiger partial charge in [-0.25, -0.2) is 4.79 Å². The Hall–Kier alpha value is -5.04. The van der Waals surface area contributed by atoms with E-state index >= 15 is 0 Å². The summed E-state index contributed by atoms with van der Waals surface area (Å²) in [5.74, 6) is -0.327. The molecule has 0 aliphatic carbocycles. The summed E-state index contributed by atoms with van der Waals surface area (Å²) in [5, 5.41) is 13.4. The molecule has 1 aliphatic heterocycles. The zero-order valence-electron chi connectivity index (χ0n) is 25.0. The molecule has 1 aliphatic rings. The number of carbonyl (C=O) groups excluding carboxylic acids is 2. The summed E-state index contributed by atoms with van der Waals surface area (Å²) in [6.45, 7) is 1.13. The molecule has 12 nitrogen and oxygen atoms in total. The van der Waals surface area contributed by atoms with Crippen molar-refractivity contribution in [3.63, 3.8) is 0 Å². The molecule has 4 N–H and O–H groups in total. The largest absolute Gasteiger partial charge is 0.497 e.